The largest absolute Gasteiger partial charge is 1.00 e. The normalized spacial score (nSPS) is 11.4. The van der Waals surface area contributed by atoms with Crippen LogP contribution in [-0.2, 0) is 30.4 Å². The van der Waals surface area contributed by atoms with Crippen LogP contribution in [0.1, 0.15) is 10.4 Å². The van der Waals surface area contributed by atoms with Crippen LogP contribution in [0.4, 0.5) is 11.4 Å². The molecule has 0 atom stereocenters. The first kappa shape index (κ1) is 36.5. The maximum Gasteiger partial charge on any atom is 1.00 e. The number of benzene rings is 3. The molecule has 0 spiro atoms. The van der Waals surface area contributed by atoms with Crippen molar-refractivity contribution in [2.75, 3.05) is 5.32 Å². The van der Waals surface area contributed by atoms with E-state index in [1.165, 1.54) is 0 Å². The quantitative estimate of drug-likeness (QED) is 0.120. The minimum Gasteiger partial charge on any atom is -0.744 e. The summed E-state index contributed by atoms with van der Waals surface area (Å²) >= 11 is 0. The van der Waals surface area contributed by atoms with Crippen LogP contribution in [0.25, 0.3) is 10.8 Å². The minimum absolute atomic E-state index is 0. The van der Waals surface area contributed by atoms with Gasteiger partial charge in [-0.05, 0) is 35.7 Å². The zero-order valence-corrected chi connectivity index (χ0v) is 27.6. The van der Waals surface area contributed by atoms with E-state index < -0.39 is 72.8 Å². The third-order valence-corrected chi connectivity index (χ3v) is 6.94. The Morgan fingerprint density at radius 3 is 1.78 bits per heavy atom. The van der Waals surface area contributed by atoms with Gasteiger partial charge in [0.05, 0.1) is 30.9 Å². The summed E-state index contributed by atoms with van der Waals surface area (Å²) in [5.74, 6) is -1.37. The van der Waals surface area contributed by atoms with Gasteiger partial charge >= 0.3 is 88.7 Å². The predicted molar refractivity (Wildman–Crippen MR) is 109 cm³/mol. The summed E-state index contributed by atoms with van der Waals surface area (Å²) < 4.78 is 103. The number of nitrogens with one attached hydrogen (secondary N) is 1. The molecule has 0 radical (unpaired) electrons. The molecule has 37 heavy (non-hydrogen) atoms. The van der Waals surface area contributed by atoms with Gasteiger partial charge < -0.3 is 19.0 Å². The van der Waals surface area contributed by atoms with E-state index in [-0.39, 0.29) is 99.4 Å². The molecule has 180 valence electrons. The number of hydrogen-bond acceptors (Lipinski definition) is 12. The van der Waals surface area contributed by atoms with Crippen molar-refractivity contribution in [3.05, 3.63) is 64.2 Å². The number of anilines is 1. The van der Waals surface area contributed by atoms with Crippen LogP contribution >= 0.6 is 0 Å². The number of rotatable bonds is 6. The summed E-state index contributed by atoms with van der Waals surface area (Å²) in [6, 6.07) is 5.78. The molecule has 3 aromatic rings. The second-order valence-corrected chi connectivity index (χ2v) is 10.7. The number of hydrogen-bond donors (Lipinski definition) is 1. The molecule has 0 bridgehead atoms. The number of amides is 1. The van der Waals surface area contributed by atoms with Crippen molar-refractivity contribution in [2.45, 2.75) is 14.7 Å². The standard InChI is InChI=1S/C17H12N2O12S3.3Na/c20-17(13-4-2-10(19(21)22)6-16(13)34(29,30)31)18-15-8-12(33(26,27)28)5-9-1-3-11(7-14(9)15)32(23,24)25;;;/h1-8H,(H,18,20)(H,23,24,25)(H,26,27,28)(H,29,30,31);;;/q;3*+1/p-3. The Kier molecular flexibility index (Phi) is 13.1. The molecule has 0 aromatic heterocycles. The maximum atomic E-state index is 12.8. The van der Waals surface area contributed by atoms with Crippen molar-refractivity contribution < 1.29 is 137 Å². The second kappa shape index (κ2) is 13.2. The molecule has 20 heteroatoms. The van der Waals surface area contributed by atoms with E-state index >= 15 is 0 Å². The van der Waals surface area contributed by atoms with Gasteiger partial charge in [0.25, 0.3) is 11.6 Å². The van der Waals surface area contributed by atoms with Gasteiger partial charge in [0.15, 0.2) is 0 Å². The summed E-state index contributed by atoms with van der Waals surface area (Å²) in [4.78, 5) is 19.7. The smallest absolute Gasteiger partial charge is 0.744 e. The van der Waals surface area contributed by atoms with Crippen molar-refractivity contribution >= 4 is 58.4 Å². The number of non-ortho nitro benzene ring substituents is 1. The zero-order valence-electron chi connectivity index (χ0n) is 19.2. The number of nitro groups is 1. The molecule has 3 rings (SSSR count). The van der Waals surface area contributed by atoms with Gasteiger partial charge in [0.1, 0.15) is 30.4 Å². The van der Waals surface area contributed by atoms with E-state index in [0.717, 1.165) is 30.3 Å². The van der Waals surface area contributed by atoms with E-state index in [0.29, 0.717) is 18.2 Å². The Bertz CT molecular complexity index is 1710. The van der Waals surface area contributed by atoms with E-state index in [4.69, 9.17) is 0 Å². The van der Waals surface area contributed by atoms with Crippen LogP contribution in [0.3, 0.4) is 0 Å². The number of nitrogens with zero attached hydrogens (tertiary/aromatic N) is 1. The van der Waals surface area contributed by atoms with Gasteiger partial charge in [-0.1, -0.05) is 6.07 Å². The zero-order chi connectivity index (χ0) is 25.6. The van der Waals surface area contributed by atoms with E-state index in [1.807, 2.05) is 5.32 Å². The molecular formula is C17H9N2Na3O12S3. The average molecular weight is 598 g/mol. The van der Waals surface area contributed by atoms with Gasteiger partial charge in [-0.25, -0.2) is 25.3 Å². The van der Waals surface area contributed by atoms with E-state index in [9.17, 15) is 53.8 Å². The van der Waals surface area contributed by atoms with Crippen molar-refractivity contribution in [3.63, 3.8) is 0 Å². The van der Waals surface area contributed by atoms with Crippen molar-refractivity contribution in [3.8, 4) is 0 Å². The maximum absolute atomic E-state index is 12.8. The fraction of sp³-hybridized carbons (Fsp3) is 0. The summed E-state index contributed by atoms with van der Waals surface area (Å²) in [7, 11) is -15.5. The topological polar surface area (TPSA) is 244 Å². The Labute approximate surface area is 276 Å². The molecule has 0 fully saturated rings. The summed E-state index contributed by atoms with van der Waals surface area (Å²) in [5, 5.41) is 12.6. The molecule has 0 aliphatic rings. The number of carbonyl (C=O) groups excluding carboxylic acids is 1. The number of nitro benzene ring substituents is 1. The van der Waals surface area contributed by atoms with E-state index in [1.54, 1.807) is 0 Å². The molecule has 0 aliphatic carbocycles. The molecule has 1 N–H and O–H groups in total. The first-order valence-corrected chi connectivity index (χ1v) is 12.8. The van der Waals surface area contributed by atoms with Crippen LogP contribution in [0.5, 0.6) is 0 Å². The van der Waals surface area contributed by atoms with Crippen LogP contribution in [0, 0.1) is 10.1 Å². The second-order valence-electron chi connectivity index (χ2n) is 6.61. The molecular weight excluding hydrogens is 589 g/mol. The van der Waals surface area contributed by atoms with Gasteiger partial charge in [-0.2, -0.15) is 0 Å². The Hall–Kier alpha value is -0.480. The van der Waals surface area contributed by atoms with Gasteiger partial charge in [0.2, 0.25) is 0 Å². The third-order valence-electron chi connectivity index (χ3n) is 4.41. The molecule has 1 amide bonds. The summed E-state index contributed by atoms with van der Waals surface area (Å²) in [6.45, 7) is 0. The summed E-state index contributed by atoms with van der Waals surface area (Å²) in [6.07, 6.45) is 0. The monoisotopic (exact) mass is 598 g/mol. The summed E-state index contributed by atoms with van der Waals surface area (Å²) in [5.41, 5.74) is -2.21. The molecule has 14 nitrogen and oxygen atoms in total. The van der Waals surface area contributed by atoms with E-state index in [2.05, 4.69) is 0 Å². The Morgan fingerprint density at radius 2 is 1.30 bits per heavy atom. The van der Waals surface area contributed by atoms with Crippen LogP contribution in [-0.4, -0.2) is 49.7 Å². The predicted octanol–water partition coefficient (Wildman–Crippen LogP) is -8.28. The molecule has 0 saturated heterocycles. The molecule has 0 unspecified atom stereocenters. The fourth-order valence-corrected chi connectivity index (χ4v) is 4.65. The minimum atomic E-state index is -5.41. The Balaban J connectivity index is 0.00000432. The van der Waals surface area contributed by atoms with Crippen LogP contribution in [0.15, 0.2) is 63.2 Å². The van der Waals surface area contributed by atoms with Crippen LogP contribution < -0.4 is 94.0 Å². The first-order valence-electron chi connectivity index (χ1n) is 8.54. The number of carbonyl (C=O) groups is 1. The SMILES string of the molecule is O=C(Nc1cc(S(=O)(=O)[O-])cc2ccc(S(=O)(=O)[O-])cc12)c1ccc([N+](=O)[O-])cc1S(=O)(=O)[O-].[Na+].[Na+].[Na+]. The molecule has 0 aliphatic heterocycles. The molecule has 0 heterocycles. The first-order chi connectivity index (χ1) is 15.5. The molecule has 0 saturated carbocycles. The van der Waals surface area contributed by atoms with Crippen molar-refractivity contribution in [2.24, 2.45) is 0 Å². The van der Waals surface area contributed by atoms with Gasteiger partial charge in [-0.15, -0.1) is 0 Å². The number of fused-ring (bicyclic) bond motifs is 1. The van der Waals surface area contributed by atoms with Gasteiger partial charge in [0, 0.05) is 17.5 Å². The van der Waals surface area contributed by atoms with Crippen LogP contribution in [0.2, 0.25) is 0 Å². The van der Waals surface area contributed by atoms with Gasteiger partial charge in [-0.3, -0.25) is 14.9 Å². The Morgan fingerprint density at radius 1 is 0.730 bits per heavy atom. The molecule has 3 aromatic carbocycles. The van der Waals surface area contributed by atoms with Crippen molar-refractivity contribution in [1.29, 1.82) is 0 Å². The van der Waals surface area contributed by atoms with Crippen molar-refractivity contribution in [1.82, 2.24) is 0 Å². The third kappa shape index (κ3) is 8.75. The average Bonchev–Trinajstić information content (AvgIpc) is 2.70. The fourth-order valence-electron chi connectivity index (χ4n) is 2.92.